The number of nitrogens with one attached hydrogen (secondary N) is 1. The first-order valence-corrected chi connectivity index (χ1v) is 13.6. The Morgan fingerprint density at radius 1 is 1.32 bits per heavy atom. The van der Waals surface area contributed by atoms with Gasteiger partial charge in [0.2, 0.25) is 0 Å². The third kappa shape index (κ3) is 7.29. The van der Waals surface area contributed by atoms with Crippen LogP contribution in [-0.4, -0.2) is 79.6 Å². The van der Waals surface area contributed by atoms with E-state index in [0.29, 0.717) is 9.91 Å². The minimum Gasteiger partial charge on any atom is -0.550 e. The zero-order chi connectivity index (χ0) is 26.0. The number of hydrogen-bond donors (Lipinski definition) is 2. The number of nitrogens with zero attached hydrogens (tertiary/aromatic N) is 5. The van der Waals surface area contributed by atoms with Gasteiger partial charge in [-0.2, -0.15) is 0 Å². The van der Waals surface area contributed by atoms with Crippen LogP contribution in [0.25, 0.3) is 0 Å². The van der Waals surface area contributed by atoms with E-state index < -0.39 is 35.2 Å². The van der Waals surface area contributed by atoms with Gasteiger partial charge in [-0.1, -0.05) is 28.3 Å². The Hall–Kier alpha value is -1.22. The summed E-state index contributed by atoms with van der Waals surface area (Å²) in [4.78, 5) is 58.1. The quantitative estimate of drug-likeness (QED) is 0.0836. The Kier molecular flexibility index (Phi) is 12.5. The molecule has 38 heavy (non-hydrogen) atoms. The molecule has 4 heterocycles. The molecule has 2 aliphatic rings. The summed E-state index contributed by atoms with van der Waals surface area (Å²) in [5.74, 6) is -3.74. The number of oxime groups is 1. The van der Waals surface area contributed by atoms with E-state index in [2.05, 4.69) is 25.7 Å². The number of anilines is 1. The summed E-state index contributed by atoms with van der Waals surface area (Å²) in [6.07, 6.45) is -0.370. The van der Waals surface area contributed by atoms with E-state index in [4.69, 9.17) is 10.6 Å². The van der Waals surface area contributed by atoms with Crippen molar-refractivity contribution in [2.24, 2.45) is 5.16 Å². The van der Waals surface area contributed by atoms with E-state index in [9.17, 15) is 29.4 Å². The molecule has 0 saturated carbocycles. The van der Waals surface area contributed by atoms with Crippen molar-refractivity contribution in [1.29, 1.82) is 0 Å². The first-order valence-electron chi connectivity index (χ1n) is 9.86. The molecular formula is C18H15N7Na2O7S4. The maximum atomic E-state index is 12.9. The minimum absolute atomic E-state index is 0. The molecule has 0 bridgehead atoms. The summed E-state index contributed by atoms with van der Waals surface area (Å²) in [6.45, 7) is 0. The number of aromatic nitrogens is 3. The summed E-state index contributed by atoms with van der Waals surface area (Å²) in [5.41, 5.74) is 5.77. The van der Waals surface area contributed by atoms with Crippen molar-refractivity contribution in [1.82, 2.24) is 25.4 Å². The Bertz CT molecular complexity index is 1300. The van der Waals surface area contributed by atoms with Crippen molar-refractivity contribution in [3.05, 3.63) is 27.4 Å². The normalized spacial score (nSPS) is 18.5. The standard InChI is InChI=1S/C18H17N7O7S4.2Na/c1-32-24-10(7-5-34-17(19)20-7)13(28)21-11-14(29)25-12(16(30)31)6(3-33-15(11)25)4-35-18-23-22-8(36-18)2-9(26)27;;/h5,11,15H,2-4H2,1H3,(H2,19,20)(H,21,28)(H,26,27)(H,30,31);;/q;2*+1/p-2/t11?,15-;;/m0../s1. The van der Waals surface area contributed by atoms with Crippen LogP contribution in [0.5, 0.6) is 0 Å². The van der Waals surface area contributed by atoms with E-state index >= 15 is 0 Å². The number of nitrogen functional groups attached to an aromatic ring is 1. The van der Waals surface area contributed by atoms with Gasteiger partial charge < -0.3 is 35.7 Å². The number of carbonyl (C=O) groups excluding carboxylic acids is 4. The van der Waals surface area contributed by atoms with Crippen molar-refractivity contribution < 1.29 is 93.3 Å². The van der Waals surface area contributed by atoms with Crippen molar-refractivity contribution >= 4 is 80.8 Å². The molecule has 4 rings (SSSR count). The van der Waals surface area contributed by atoms with Crippen LogP contribution in [0.1, 0.15) is 10.7 Å². The number of thiazole rings is 1. The van der Waals surface area contributed by atoms with Gasteiger partial charge in [-0.05, 0) is 5.57 Å². The molecule has 3 N–H and O–H groups in total. The number of carboxylic acid groups (broad SMARTS) is 2. The van der Waals surface area contributed by atoms with E-state index in [1.165, 1.54) is 24.3 Å². The summed E-state index contributed by atoms with van der Waals surface area (Å²) in [7, 11) is 1.25. The average Bonchev–Trinajstić information content (AvgIpc) is 3.46. The molecule has 2 atom stereocenters. The SMILES string of the molecule is CON=C(C(=O)NC1C(=O)N2C(C(=O)[O-])=C(CSc3nnc(CC(=O)[O-])s3)CS[C@@H]12)c1csc(N)n1.[Na+].[Na+]. The van der Waals surface area contributed by atoms with Crippen LogP contribution >= 0.6 is 46.2 Å². The van der Waals surface area contributed by atoms with Gasteiger partial charge in [0.25, 0.3) is 11.8 Å². The van der Waals surface area contributed by atoms with Crippen LogP contribution in [0, 0.1) is 0 Å². The Balaban J connectivity index is 0.00000253. The fourth-order valence-electron chi connectivity index (χ4n) is 3.32. The van der Waals surface area contributed by atoms with Crippen LogP contribution < -0.4 is 80.4 Å². The molecule has 0 spiro atoms. The number of nitrogens with two attached hydrogens (primary N) is 1. The Labute approximate surface area is 275 Å². The Morgan fingerprint density at radius 3 is 2.66 bits per heavy atom. The van der Waals surface area contributed by atoms with E-state index in [1.807, 2.05) is 0 Å². The third-order valence-corrected chi connectivity index (χ3v) is 8.96. The largest absolute Gasteiger partial charge is 1.00 e. The summed E-state index contributed by atoms with van der Waals surface area (Å²) in [5, 5.41) is 37.8. The van der Waals surface area contributed by atoms with Gasteiger partial charge in [-0.25, -0.2) is 4.98 Å². The molecule has 2 aromatic heterocycles. The van der Waals surface area contributed by atoms with Crippen LogP contribution in [0.4, 0.5) is 5.13 Å². The average molecular weight is 616 g/mol. The predicted octanol–water partition coefficient (Wildman–Crippen LogP) is -8.58. The number of β-lactam (4-membered cyclic amide) rings is 1. The van der Waals surface area contributed by atoms with Crippen LogP contribution in [0.2, 0.25) is 0 Å². The maximum Gasteiger partial charge on any atom is 1.00 e. The molecule has 1 saturated heterocycles. The predicted molar refractivity (Wildman–Crippen MR) is 126 cm³/mol. The first-order chi connectivity index (χ1) is 17.2. The second-order valence-electron chi connectivity index (χ2n) is 7.09. The second-order valence-corrected chi connectivity index (χ2v) is 11.4. The zero-order valence-corrected chi connectivity index (χ0v) is 27.4. The number of hydrogen-bond acceptors (Lipinski definition) is 16. The number of rotatable bonds is 10. The number of thioether (sulfide) groups is 2. The maximum absolute atomic E-state index is 12.9. The molecule has 0 aliphatic carbocycles. The molecule has 1 unspecified atom stereocenters. The van der Waals surface area contributed by atoms with Gasteiger partial charge in [0, 0.05) is 29.3 Å². The van der Waals surface area contributed by atoms with Crippen molar-refractivity contribution in [3.63, 3.8) is 0 Å². The summed E-state index contributed by atoms with van der Waals surface area (Å²) < 4.78 is 0.441. The molecule has 2 amide bonds. The smallest absolute Gasteiger partial charge is 0.550 e. The topological polar surface area (TPSA) is 216 Å². The molecule has 2 aliphatic heterocycles. The number of aliphatic carboxylic acids is 2. The van der Waals surface area contributed by atoms with Gasteiger partial charge >= 0.3 is 59.1 Å². The van der Waals surface area contributed by atoms with Crippen molar-refractivity contribution in [2.75, 3.05) is 24.3 Å². The van der Waals surface area contributed by atoms with Gasteiger partial charge in [-0.15, -0.1) is 33.3 Å². The number of amides is 2. The molecule has 0 radical (unpaired) electrons. The minimum atomic E-state index is -1.52. The molecule has 20 heteroatoms. The van der Waals surface area contributed by atoms with E-state index in [1.54, 1.807) is 0 Å². The molecular weight excluding hydrogens is 600 g/mol. The molecule has 14 nitrogen and oxygen atoms in total. The van der Waals surface area contributed by atoms with Gasteiger partial charge in [0.05, 0.1) is 11.7 Å². The Morgan fingerprint density at radius 2 is 2.05 bits per heavy atom. The first kappa shape index (κ1) is 33.0. The molecule has 1 fully saturated rings. The molecule has 190 valence electrons. The second kappa shape index (κ2) is 14.4. The number of carbonyl (C=O) groups is 4. The summed E-state index contributed by atoms with van der Waals surface area (Å²) >= 11 is 4.59. The fourth-order valence-corrected chi connectivity index (χ4v) is 7.24. The van der Waals surface area contributed by atoms with Gasteiger partial charge in [-0.3, -0.25) is 14.5 Å². The zero-order valence-electron chi connectivity index (χ0n) is 20.2. The van der Waals surface area contributed by atoms with Crippen LogP contribution in [0.3, 0.4) is 0 Å². The summed E-state index contributed by atoms with van der Waals surface area (Å²) in [6, 6.07) is -1.00. The fraction of sp³-hybridized carbons (Fsp3) is 0.333. The van der Waals surface area contributed by atoms with Crippen LogP contribution in [-0.2, 0) is 30.4 Å². The number of fused-ring (bicyclic) bond motifs is 1. The van der Waals surface area contributed by atoms with Gasteiger partial charge in [0.15, 0.2) is 15.2 Å². The monoisotopic (exact) mass is 615 g/mol. The van der Waals surface area contributed by atoms with Gasteiger partial charge in [0.1, 0.15) is 29.2 Å². The molecule has 2 aromatic rings. The van der Waals surface area contributed by atoms with Crippen molar-refractivity contribution in [2.45, 2.75) is 22.2 Å². The van der Waals surface area contributed by atoms with Crippen molar-refractivity contribution in [3.8, 4) is 0 Å². The number of carboxylic acids is 2. The van der Waals surface area contributed by atoms with Crippen LogP contribution in [0.15, 0.2) is 26.1 Å². The third-order valence-electron chi connectivity index (χ3n) is 4.80. The molecule has 0 aromatic carbocycles. The van der Waals surface area contributed by atoms with E-state index in [-0.39, 0.29) is 104 Å². The van der Waals surface area contributed by atoms with E-state index in [0.717, 1.165) is 39.3 Å².